The predicted octanol–water partition coefficient (Wildman–Crippen LogP) is 0.166. The monoisotopic (exact) mass is 366 g/mol. The Kier molecular flexibility index (Phi) is 3.03. The van der Waals surface area contributed by atoms with Crippen LogP contribution >= 0.6 is 0 Å². The molecule has 3 N–H and O–H groups in total. The van der Waals surface area contributed by atoms with Gasteiger partial charge < -0.3 is 20.4 Å². The number of rotatable bonds is 1. The fourth-order valence-corrected chi connectivity index (χ4v) is 5.04. The van der Waals surface area contributed by atoms with E-state index in [2.05, 4.69) is 5.32 Å². The van der Waals surface area contributed by atoms with Gasteiger partial charge in [0.1, 0.15) is 6.10 Å². The van der Waals surface area contributed by atoms with Crippen LogP contribution in [0.3, 0.4) is 0 Å². The van der Waals surface area contributed by atoms with Gasteiger partial charge in [-0.15, -0.1) is 0 Å². The number of nitrogens with one attached hydrogen (secondary N) is 1. The van der Waals surface area contributed by atoms with Crippen LogP contribution in [0.2, 0.25) is 0 Å². The summed E-state index contributed by atoms with van der Waals surface area (Å²) in [6.45, 7) is -1.27. The van der Waals surface area contributed by atoms with E-state index in [0.717, 1.165) is 0 Å². The standard InChI is InChI=1S/C15H18F4N2O4/c16-14(17)2-1-13(6-14)10(24)15(18,19)7-21(13)9(23)8(22)20-11-3-12(25,4-11)5-11/h10,24-25H,1-7H2,(H,20,22)/t10-,11?,12?,13-/m0/s1. The van der Waals surface area contributed by atoms with Gasteiger partial charge in [0.15, 0.2) is 0 Å². The van der Waals surface area contributed by atoms with E-state index in [1.807, 2.05) is 0 Å². The fraction of sp³-hybridized carbons (Fsp3) is 0.867. The first kappa shape index (κ1) is 17.0. The number of halogens is 4. The van der Waals surface area contributed by atoms with E-state index in [1.165, 1.54) is 0 Å². The summed E-state index contributed by atoms with van der Waals surface area (Å²) in [7, 11) is 0. The molecule has 1 aliphatic heterocycles. The number of aliphatic hydroxyl groups is 2. The summed E-state index contributed by atoms with van der Waals surface area (Å²) < 4.78 is 55.3. The molecule has 0 unspecified atom stereocenters. The molecule has 0 radical (unpaired) electrons. The maximum atomic E-state index is 14.0. The molecule has 2 amide bonds. The topological polar surface area (TPSA) is 89.9 Å². The second-order valence-corrected chi connectivity index (χ2v) is 8.18. The van der Waals surface area contributed by atoms with Crippen LogP contribution in [0, 0.1) is 0 Å². The van der Waals surface area contributed by atoms with Gasteiger partial charge in [0.05, 0.1) is 17.7 Å². The van der Waals surface area contributed by atoms with Gasteiger partial charge in [0.25, 0.3) is 11.8 Å². The number of hydrogen-bond acceptors (Lipinski definition) is 4. The molecule has 2 bridgehead atoms. The molecule has 5 fully saturated rings. The number of nitrogens with zero attached hydrogens (tertiary/aromatic N) is 1. The molecule has 2 atom stereocenters. The highest BCUT2D eigenvalue weighted by molar-refractivity contribution is 6.35. The average Bonchev–Trinajstić information content (AvgIpc) is 2.85. The van der Waals surface area contributed by atoms with E-state index < -0.39 is 72.2 Å². The van der Waals surface area contributed by atoms with Gasteiger partial charge in [-0.2, -0.15) is 0 Å². The molecule has 0 aromatic heterocycles. The Bertz CT molecular complexity index is 650. The van der Waals surface area contributed by atoms with Crippen molar-refractivity contribution >= 4 is 11.8 Å². The van der Waals surface area contributed by atoms with E-state index in [1.54, 1.807) is 0 Å². The van der Waals surface area contributed by atoms with Crippen LogP contribution < -0.4 is 5.32 Å². The van der Waals surface area contributed by atoms with E-state index in [9.17, 15) is 37.4 Å². The molecule has 1 saturated heterocycles. The fourth-order valence-electron chi connectivity index (χ4n) is 5.04. The number of alkyl halides is 4. The minimum Gasteiger partial charge on any atom is -0.390 e. The zero-order valence-corrected chi connectivity index (χ0v) is 13.2. The van der Waals surface area contributed by atoms with Crippen molar-refractivity contribution in [2.75, 3.05) is 6.54 Å². The molecule has 4 aliphatic carbocycles. The maximum Gasteiger partial charge on any atom is 0.312 e. The summed E-state index contributed by atoms with van der Waals surface area (Å²) >= 11 is 0. The van der Waals surface area contributed by atoms with Gasteiger partial charge in [-0.25, -0.2) is 17.6 Å². The van der Waals surface area contributed by atoms with Gasteiger partial charge in [-0.1, -0.05) is 0 Å². The lowest BCUT2D eigenvalue weighted by Crippen LogP contribution is -2.79. The maximum absolute atomic E-state index is 14.0. The number of carbonyl (C=O) groups excluding carboxylic acids is 2. The highest BCUT2D eigenvalue weighted by Gasteiger charge is 2.71. The molecule has 6 nitrogen and oxygen atoms in total. The second kappa shape index (κ2) is 4.46. The smallest absolute Gasteiger partial charge is 0.312 e. The van der Waals surface area contributed by atoms with Crippen LogP contribution in [0.1, 0.15) is 38.5 Å². The van der Waals surface area contributed by atoms with Crippen LogP contribution in [-0.2, 0) is 9.59 Å². The summed E-state index contributed by atoms with van der Waals surface area (Å²) in [4.78, 5) is 25.0. The third-order valence-corrected chi connectivity index (χ3v) is 6.12. The summed E-state index contributed by atoms with van der Waals surface area (Å²) in [6, 6.07) is 0. The minimum absolute atomic E-state index is 0.279. The second-order valence-electron chi connectivity index (χ2n) is 8.18. The number of carbonyl (C=O) groups is 2. The van der Waals surface area contributed by atoms with E-state index in [4.69, 9.17) is 0 Å². The summed E-state index contributed by atoms with van der Waals surface area (Å²) in [5.41, 5.74) is -3.68. The number of amides is 2. The lowest BCUT2D eigenvalue weighted by atomic mass is 9.46. The molecule has 0 aromatic rings. The lowest BCUT2D eigenvalue weighted by Gasteiger charge is -2.67. The Morgan fingerprint density at radius 2 is 1.64 bits per heavy atom. The molecule has 5 rings (SSSR count). The summed E-state index contributed by atoms with van der Waals surface area (Å²) in [5, 5.41) is 22.0. The van der Waals surface area contributed by atoms with Gasteiger partial charge in [-0.3, -0.25) is 9.59 Å². The SMILES string of the molecule is O=C(NC12CC(O)(C1)C2)C(=O)N1CC(F)(F)[C@@H](O)[C@@]12CCC(F)(F)C2. The first-order valence-electron chi connectivity index (χ1n) is 8.13. The van der Waals surface area contributed by atoms with Crippen LogP contribution in [0.25, 0.3) is 0 Å². The van der Waals surface area contributed by atoms with Crippen LogP contribution in [0.4, 0.5) is 17.6 Å². The number of hydrogen-bond donors (Lipinski definition) is 3. The third-order valence-electron chi connectivity index (χ3n) is 6.12. The molecule has 140 valence electrons. The van der Waals surface area contributed by atoms with Gasteiger partial charge in [0.2, 0.25) is 0 Å². The Labute approximate surface area is 140 Å². The van der Waals surface area contributed by atoms with Crippen LogP contribution in [0.5, 0.6) is 0 Å². The van der Waals surface area contributed by atoms with E-state index in [0.29, 0.717) is 4.90 Å². The molecule has 1 spiro atoms. The largest absolute Gasteiger partial charge is 0.390 e. The zero-order chi connectivity index (χ0) is 18.5. The zero-order valence-electron chi connectivity index (χ0n) is 13.2. The molecule has 5 aliphatic rings. The minimum atomic E-state index is -3.76. The first-order chi connectivity index (χ1) is 11.3. The van der Waals surface area contributed by atoms with E-state index >= 15 is 0 Å². The van der Waals surface area contributed by atoms with Crippen molar-refractivity contribution in [3.05, 3.63) is 0 Å². The van der Waals surface area contributed by atoms with Crippen LogP contribution in [0.15, 0.2) is 0 Å². The number of aliphatic hydroxyl groups excluding tert-OH is 1. The molecular weight excluding hydrogens is 348 g/mol. The van der Waals surface area contributed by atoms with Gasteiger partial charge >= 0.3 is 11.8 Å². The highest BCUT2D eigenvalue weighted by Crippen LogP contribution is 2.60. The Morgan fingerprint density at radius 1 is 1.04 bits per heavy atom. The molecule has 0 aromatic carbocycles. The molecule has 25 heavy (non-hydrogen) atoms. The highest BCUT2D eigenvalue weighted by atomic mass is 19.3. The lowest BCUT2D eigenvalue weighted by molar-refractivity contribution is -0.220. The van der Waals surface area contributed by atoms with E-state index in [-0.39, 0.29) is 19.3 Å². The van der Waals surface area contributed by atoms with Gasteiger partial charge in [-0.05, 0) is 25.7 Å². The Hall–Kier alpha value is -1.42. The summed E-state index contributed by atoms with van der Waals surface area (Å²) in [5.74, 6) is -9.55. The van der Waals surface area contributed by atoms with Crippen molar-refractivity contribution in [3.8, 4) is 0 Å². The van der Waals surface area contributed by atoms with Crippen molar-refractivity contribution < 1.29 is 37.4 Å². The Morgan fingerprint density at radius 3 is 2.12 bits per heavy atom. The summed E-state index contributed by atoms with van der Waals surface area (Å²) in [6.07, 6.45) is -3.94. The third kappa shape index (κ3) is 2.22. The quantitative estimate of drug-likeness (QED) is 0.456. The van der Waals surface area contributed by atoms with Crippen molar-refractivity contribution in [1.29, 1.82) is 0 Å². The average molecular weight is 366 g/mol. The van der Waals surface area contributed by atoms with Crippen molar-refractivity contribution in [3.63, 3.8) is 0 Å². The van der Waals surface area contributed by atoms with Crippen molar-refractivity contribution in [2.45, 2.75) is 73.2 Å². The molecule has 4 saturated carbocycles. The molecular formula is C15H18F4N2O4. The van der Waals surface area contributed by atoms with Crippen molar-refractivity contribution in [1.82, 2.24) is 10.2 Å². The molecule has 1 heterocycles. The van der Waals surface area contributed by atoms with Crippen molar-refractivity contribution in [2.24, 2.45) is 0 Å². The normalized spacial score (nSPS) is 45.8. The predicted molar refractivity (Wildman–Crippen MR) is 73.9 cm³/mol. The van der Waals surface area contributed by atoms with Gasteiger partial charge in [0, 0.05) is 18.4 Å². The van der Waals surface area contributed by atoms with Crippen LogP contribution in [-0.4, -0.2) is 68.1 Å². The number of likely N-dealkylation sites (tertiary alicyclic amines) is 1. The molecule has 10 heteroatoms. The first-order valence-corrected chi connectivity index (χ1v) is 8.13. The Balaban J connectivity index is 1.55.